The molecule has 1 fully saturated rings. The Morgan fingerprint density at radius 1 is 1.38 bits per heavy atom. The summed E-state index contributed by atoms with van der Waals surface area (Å²) in [5.74, 6) is 0.380. The first-order valence-electron chi connectivity index (χ1n) is 7.19. The van der Waals surface area contributed by atoms with Crippen LogP contribution in [0.25, 0.3) is 16.2 Å². The zero-order valence-corrected chi connectivity index (χ0v) is 12.7. The number of rotatable bonds is 1. The Morgan fingerprint density at radius 2 is 2.24 bits per heavy atom. The van der Waals surface area contributed by atoms with Gasteiger partial charge in [-0.1, -0.05) is 18.2 Å². The quantitative estimate of drug-likeness (QED) is 0.787. The van der Waals surface area contributed by atoms with E-state index >= 15 is 0 Å². The summed E-state index contributed by atoms with van der Waals surface area (Å²) in [6.07, 6.45) is 6.37. The van der Waals surface area contributed by atoms with E-state index in [4.69, 9.17) is 4.74 Å². The van der Waals surface area contributed by atoms with Gasteiger partial charge in [-0.15, -0.1) is 11.3 Å². The Bertz CT molecular complexity index is 750. The predicted molar refractivity (Wildman–Crippen MR) is 86.4 cm³/mol. The van der Waals surface area contributed by atoms with Crippen LogP contribution in [0.3, 0.4) is 0 Å². The molecule has 0 amide bonds. The van der Waals surface area contributed by atoms with E-state index in [1.165, 1.54) is 20.5 Å². The molecular weight excluding hydrogens is 280 g/mol. The lowest BCUT2D eigenvalue weighted by molar-refractivity contribution is -0.117. The first-order chi connectivity index (χ1) is 10.1. The maximum Gasteiger partial charge on any atom is 0.156 e. The fraction of sp³-hybridized carbons (Fsp3) is 0.278. The highest BCUT2D eigenvalue weighted by Gasteiger charge is 2.44. The lowest BCUT2D eigenvalue weighted by atomic mass is 9.78. The van der Waals surface area contributed by atoms with Crippen LogP contribution in [0.2, 0.25) is 0 Å². The third-order valence-electron chi connectivity index (χ3n) is 4.47. The van der Waals surface area contributed by atoms with Gasteiger partial charge in [0.25, 0.3) is 0 Å². The van der Waals surface area contributed by atoms with Gasteiger partial charge >= 0.3 is 0 Å². The normalized spacial score (nSPS) is 30.2. The van der Waals surface area contributed by atoms with Crippen molar-refractivity contribution in [3.8, 4) is 0 Å². The van der Waals surface area contributed by atoms with Gasteiger partial charge in [-0.2, -0.15) is 0 Å². The number of hydrogen-bond donors (Lipinski definition) is 0. The van der Waals surface area contributed by atoms with Crippen molar-refractivity contribution >= 4 is 33.3 Å². The molecule has 0 radical (unpaired) electrons. The van der Waals surface area contributed by atoms with Crippen LogP contribution in [0.4, 0.5) is 0 Å². The van der Waals surface area contributed by atoms with E-state index in [9.17, 15) is 4.79 Å². The number of hydrogen-bond acceptors (Lipinski definition) is 3. The molecule has 2 aliphatic rings. The van der Waals surface area contributed by atoms with Crippen molar-refractivity contribution < 1.29 is 9.53 Å². The van der Waals surface area contributed by atoms with E-state index in [1.807, 2.05) is 6.08 Å². The maximum atomic E-state index is 11.7. The van der Waals surface area contributed by atoms with Crippen LogP contribution >= 0.6 is 11.3 Å². The van der Waals surface area contributed by atoms with Crippen molar-refractivity contribution in [2.24, 2.45) is 5.92 Å². The van der Waals surface area contributed by atoms with Gasteiger partial charge in [0.1, 0.15) is 0 Å². The van der Waals surface area contributed by atoms with Crippen LogP contribution < -0.4 is 0 Å². The molecule has 1 saturated heterocycles. The summed E-state index contributed by atoms with van der Waals surface area (Å²) in [6.45, 7) is 2.69. The zero-order chi connectivity index (χ0) is 14.4. The summed E-state index contributed by atoms with van der Waals surface area (Å²) in [5, 5.41) is 1.27. The molecule has 1 aromatic carbocycles. The van der Waals surface area contributed by atoms with Gasteiger partial charge in [-0.3, -0.25) is 4.79 Å². The second-order valence-electron chi connectivity index (χ2n) is 5.93. The summed E-state index contributed by atoms with van der Waals surface area (Å²) in [7, 11) is 0. The van der Waals surface area contributed by atoms with Crippen LogP contribution in [0.5, 0.6) is 0 Å². The van der Waals surface area contributed by atoms with E-state index in [-0.39, 0.29) is 17.3 Å². The molecule has 1 aliphatic heterocycles. The molecule has 2 atom stereocenters. The van der Waals surface area contributed by atoms with Crippen LogP contribution in [0.15, 0.2) is 48.1 Å². The Balaban J connectivity index is 1.73. The standard InChI is InChI=1S/C18H16O2S/c1-18-7-6-14(19)10-16(18)13(11-20-18)9-15-8-12-4-2-3-5-17(12)21-15/h2-9,16H,10-11H2,1H3/b13-9-/t16-,18-/m0/s1. The number of allylic oxidation sites excluding steroid dienone is 1. The first kappa shape index (κ1) is 13.0. The number of ether oxygens (including phenoxy) is 1. The highest BCUT2D eigenvalue weighted by atomic mass is 32.1. The van der Waals surface area contributed by atoms with E-state index in [2.05, 4.69) is 43.3 Å². The molecule has 2 heterocycles. The van der Waals surface area contributed by atoms with Crippen molar-refractivity contribution in [1.82, 2.24) is 0 Å². The number of benzene rings is 1. The molecule has 1 aromatic heterocycles. The number of fused-ring (bicyclic) bond motifs is 2. The second-order valence-corrected chi connectivity index (χ2v) is 7.05. The van der Waals surface area contributed by atoms with E-state index in [1.54, 1.807) is 17.4 Å². The molecule has 1 aliphatic carbocycles. The third-order valence-corrected chi connectivity index (χ3v) is 5.53. The summed E-state index contributed by atoms with van der Waals surface area (Å²) < 4.78 is 7.25. The minimum atomic E-state index is -0.309. The van der Waals surface area contributed by atoms with Crippen LogP contribution in [0, 0.1) is 5.92 Å². The number of carbonyl (C=O) groups is 1. The highest BCUT2D eigenvalue weighted by Crippen LogP contribution is 2.43. The lowest BCUT2D eigenvalue weighted by Crippen LogP contribution is -2.34. The molecule has 0 unspecified atom stereocenters. The summed E-state index contributed by atoms with van der Waals surface area (Å²) in [6, 6.07) is 10.6. The Morgan fingerprint density at radius 3 is 3.10 bits per heavy atom. The Labute approximate surface area is 127 Å². The molecule has 0 spiro atoms. The third kappa shape index (κ3) is 2.17. The van der Waals surface area contributed by atoms with E-state index in [0.29, 0.717) is 13.0 Å². The van der Waals surface area contributed by atoms with Gasteiger partial charge in [0, 0.05) is 21.9 Å². The number of ketones is 1. The molecule has 0 bridgehead atoms. The molecule has 2 aromatic rings. The molecule has 2 nitrogen and oxygen atoms in total. The summed E-state index contributed by atoms with van der Waals surface area (Å²) in [4.78, 5) is 13.0. The van der Waals surface area contributed by atoms with Gasteiger partial charge < -0.3 is 4.74 Å². The first-order valence-corrected chi connectivity index (χ1v) is 8.01. The molecule has 0 N–H and O–H groups in total. The number of carbonyl (C=O) groups excluding carboxylic acids is 1. The highest BCUT2D eigenvalue weighted by molar-refractivity contribution is 7.19. The van der Waals surface area contributed by atoms with Gasteiger partial charge in [0.2, 0.25) is 0 Å². The smallest absolute Gasteiger partial charge is 0.156 e. The summed E-state index contributed by atoms with van der Waals surface area (Å²) in [5.41, 5.74) is 0.929. The van der Waals surface area contributed by atoms with Crippen LogP contribution in [-0.4, -0.2) is 18.0 Å². The second kappa shape index (κ2) is 4.65. The molecule has 0 saturated carbocycles. The lowest BCUT2D eigenvalue weighted by Gasteiger charge is -2.29. The van der Waals surface area contributed by atoms with E-state index in [0.717, 1.165) is 0 Å². The summed E-state index contributed by atoms with van der Waals surface area (Å²) >= 11 is 1.79. The number of thiophene rings is 1. The van der Waals surface area contributed by atoms with Crippen LogP contribution in [-0.2, 0) is 9.53 Å². The molecule has 106 valence electrons. The van der Waals surface area contributed by atoms with Gasteiger partial charge in [0.05, 0.1) is 12.2 Å². The van der Waals surface area contributed by atoms with Crippen molar-refractivity contribution in [2.45, 2.75) is 18.9 Å². The predicted octanol–water partition coefficient (Wildman–Crippen LogP) is 4.22. The average molecular weight is 296 g/mol. The van der Waals surface area contributed by atoms with Gasteiger partial charge in [-0.05, 0) is 48.2 Å². The minimum absolute atomic E-state index is 0.181. The van der Waals surface area contributed by atoms with Crippen molar-refractivity contribution in [3.63, 3.8) is 0 Å². The van der Waals surface area contributed by atoms with Crippen molar-refractivity contribution in [3.05, 3.63) is 52.9 Å². The largest absolute Gasteiger partial charge is 0.366 e. The topological polar surface area (TPSA) is 26.3 Å². The molecule has 21 heavy (non-hydrogen) atoms. The average Bonchev–Trinajstić information content (AvgIpc) is 3.02. The van der Waals surface area contributed by atoms with E-state index < -0.39 is 0 Å². The minimum Gasteiger partial charge on any atom is -0.366 e. The molecular formula is C18H16O2S. The van der Waals surface area contributed by atoms with Crippen molar-refractivity contribution in [2.75, 3.05) is 6.61 Å². The fourth-order valence-electron chi connectivity index (χ4n) is 3.23. The monoisotopic (exact) mass is 296 g/mol. The van der Waals surface area contributed by atoms with Crippen molar-refractivity contribution in [1.29, 1.82) is 0 Å². The molecule has 4 rings (SSSR count). The maximum absolute atomic E-state index is 11.7. The van der Waals surface area contributed by atoms with Gasteiger partial charge in [0.15, 0.2) is 5.78 Å². The Kier molecular flexibility index (Phi) is 2.88. The van der Waals surface area contributed by atoms with Crippen LogP contribution in [0.1, 0.15) is 18.2 Å². The molecule has 3 heteroatoms. The zero-order valence-electron chi connectivity index (χ0n) is 11.8. The Hall–Kier alpha value is -1.71. The SMILES string of the molecule is C[C@]12C=CC(=O)C[C@H]1/C(=C\c1cc3ccccc3s1)CO2. The fourth-order valence-corrected chi connectivity index (χ4v) is 4.27. The van der Waals surface area contributed by atoms with Gasteiger partial charge in [-0.25, -0.2) is 0 Å².